The van der Waals surface area contributed by atoms with Crippen LogP contribution in [0.1, 0.15) is 12.5 Å². The molecule has 0 aromatic heterocycles. The van der Waals surface area contributed by atoms with Gasteiger partial charge in [0.25, 0.3) is 5.91 Å². The quantitative estimate of drug-likeness (QED) is 0.534. The highest BCUT2D eigenvalue weighted by molar-refractivity contribution is 5.98. The van der Waals surface area contributed by atoms with Crippen LogP contribution in [0.4, 0.5) is 10.1 Å². The number of amides is 1. The fourth-order valence-electron chi connectivity index (χ4n) is 2.52. The van der Waals surface area contributed by atoms with Gasteiger partial charge in [0.1, 0.15) is 5.82 Å². The molecule has 0 aliphatic rings. The highest BCUT2D eigenvalue weighted by Crippen LogP contribution is 2.19. The number of anilines is 1. The van der Waals surface area contributed by atoms with Crippen LogP contribution in [0.25, 0.3) is 16.8 Å². The Kier molecular flexibility index (Phi) is 5.61. The molecule has 1 atom stereocenters. The van der Waals surface area contributed by atoms with E-state index >= 15 is 0 Å². The van der Waals surface area contributed by atoms with Gasteiger partial charge in [-0.15, -0.1) is 0 Å². The molecular formula is C22H18FNO3. The summed E-state index contributed by atoms with van der Waals surface area (Å²) in [6.45, 7) is 1.50. The van der Waals surface area contributed by atoms with E-state index < -0.39 is 18.0 Å². The molecule has 0 saturated heterocycles. The van der Waals surface area contributed by atoms with E-state index in [0.29, 0.717) is 11.3 Å². The summed E-state index contributed by atoms with van der Waals surface area (Å²) in [5.74, 6) is -1.43. The van der Waals surface area contributed by atoms with Crippen LogP contribution in [-0.2, 0) is 14.3 Å². The average molecular weight is 363 g/mol. The number of hydrogen-bond acceptors (Lipinski definition) is 3. The molecule has 0 heterocycles. The summed E-state index contributed by atoms with van der Waals surface area (Å²) in [6.07, 6.45) is 1.74. The third-order valence-electron chi connectivity index (χ3n) is 3.96. The smallest absolute Gasteiger partial charge is 0.331 e. The molecule has 5 heteroatoms. The van der Waals surface area contributed by atoms with E-state index in [1.807, 2.05) is 36.4 Å². The Bertz CT molecular complexity index is 996. The minimum atomic E-state index is -0.957. The first-order valence-electron chi connectivity index (χ1n) is 8.45. The number of benzene rings is 3. The zero-order valence-electron chi connectivity index (χ0n) is 14.7. The maximum atomic E-state index is 12.9. The van der Waals surface area contributed by atoms with Crippen molar-refractivity contribution >= 4 is 34.4 Å². The van der Waals surface area contributed by atoms with E-state index in [2.05, 4.69) is 5.32 Å². The van der Waals surface area contributed by atoms with Gasteiger partial charge in [0.15, 0.2) is 6.10 Å². The molecule has 0 bridgehead atoms. The molecule has 0 spiro atoms. The predicted octanol–water partition coefficient (Wildman–Crippen LogP) is 4.56. The Hall–Kier alpha value is -3.47. The first-order valence-corrected chi connectivity index (χ1v) is 8.45. The number of hydrogen-bond donors (Lipinski definition) is 1. The van der Waals surface area contributed by atoms with Crippen molar-refractivity contribution in [2.75, 3.05) is 5.32 Å². The number of halogens is 1. The summed E-state index contributed by atoms with van der Waals surface area (Å²) in [5.41, 5.74) is 1.28. The SMILES string of the molecule is CC(OC(=O)/C=C/c1ccc(F)cc1)C(=O)Nc1ccc2ccccc2c1. The first kappa shape index (κ1) is 18.3. The van der Waals surface area contributed by atoms with Crippen LogP contribution in [0.2, 0.25) is 0 Å². The van der Waals surface area contributed by atoms with Crippen LogP contribution in [0.15, 0.2) is 72.8 Å². The Morgan fingerprint density at radius 1 is 1.00 bits per heavy atom. The van der Waals surface area contributed by atoms with Crippen molar-refractivity contribution in [2.45, 2.75) is 13.0 Å². The molecule has 0 aliphatic carbocycles. The molecule has 0 radical (unpaired) electrons. The fraction of sp³-hybridized carbons (Fsp3) is 0.0909. The molecule has 1 unspecified atom stereocenters. The van der Waals surface area contributed by atoms with Crippen LogP contribution in [0.3, 0.4) is 0 Å². The largest absolute Gasteiger partial charge is 0.449 e. The third kappa shape index (κ3) is 5.01. The van der Waals surface area contributed by atoms with Crippen LogP contribution in [0.5, 0.6) is 0 Å². The van der Waals surface area contributed by atoms with Crippen molar-refractivity contribution in [3.05, 3.63) is 84.2 Å². The van der Waals surface area contributed by atoms with Crippen molar-refractivity contribution in [1.29, 1.82) is 0 Å². The number of esters is 1. The molecule has 3 aromatic rings. The highest BCUT2D eigenvalue weighted by Gasteiger charge is 2.16. The van der Waals surface area contributed by atoms with Gasteiger partial charge in [-0.1, -0.05) is 42.5 Å². The Morgan fingerprint density at radius 2 is 1.70 bits per heavy atom. The van der Waals surface area contributed by atoms with Crippen molar-refractivity contribution in [2.24, 2.45) is 0 Å². The van der Waals surface area contributed by atoms with Crippen molar-refractivity contribution in [1.82, 2.24) is 0 Å². The monoisotopic (exact) mass is 363 g/mol. The number of fused-ring (bicyclic) bond motifs is 1. The van der Waals surface area contributed by atoms with Gasteiger partial charge in [0.2, 0.25) is 0 Å². The topological polar surface area (TPSA) is 55.4 Å². The molecule has 0 aliphatic heterocycles. The Morgan fingerprint density at radius 3 is 2.44 bits per heavy atom. The van der Waals surface area contributed by atoms with Gasteiger partial charge in [-0.05, 0) is 53.6 Å². The Balaban J connectivity index is 1.57. The lowest BCUT2D eigenvalue weighted by atomic mass is 10.1. The zero-order valence-corrected chi connectivity index (χ0v) is 14.7. The molecule has 3 rings (SSSR count). The average Bonchev–Trinajstić information content (AvgIpc) is 2.67. The van der Waals surface area contributed by atoms with Crippen molar-refractivity contribution < 1.29 is 18.7 Å². The van der Waals surface area contributed by atoms with Crippen LogP contribution >= 0.6 is 0 Å². The minimum Gasteiger partial charge on any atom is -0.449 e. The molecule has 3 aromatic carbocycles. The van der Waals surface area contributed by atoms with Gasteiger partial charge in [-0.2, -0.15) is 0 Å². The summed E-state index contributed by atoms with van der Waals surface area (Å²) in [5, 5.41) is 4.81. The van der Waals surface area contributed by atoms with Crippen molar-refractivity contribution in [3.63, 3.8) is 0 Å². The molecule has 0 saturated carbocycles. The van der Waals surface area contributed by atoms with Gasteiger partial charge in [0.05, 0.1) is 0 Å². The Labute approximate surface area is 156 Å². The van der Waals surface area contributed by atoms with E-state index in [0.717, 1.165) is 10.8 Å². The molecule has 27 heavy (non-hydrogen) atoms. The summed E-state index contributed by atoms with van der Waals surface area (Å²) in [7, 11) is 0. The minimum absolute atomic E-state index is 0.353. The molecule has 1 N–H and O–H groups in total. The summed E-state index contributed by atoms with van der Waals surface area (Å²) in [4.78, 5) is 24.1. The lowest BCUT2D eigenvalue weighted by Gasteiger charge is -2.13. The summed E-state index contributed by atoms with van der Waals surface area (Å²) in [6, 6.07) is 19.0. The van der Waals surface area contributed by atoms with Gasteiger partial charge in [0, 0.05) is 11.8 Å². The second-order valence-corrected chi connectivity index (χ2v) is 6.02. The lowest BCUT2D eigenvalue weighted by molar-refractivity contribution is -0.148. The fourth-order valence-corrected chi connectivity index (χ4v) is 2.52. The van der Waals surface area contributed by atoms with E-state index in [-0.39, 0.29) is 5.82 Å². The molecular weight excluding hydrogens is 345 g/mol. The van der Waals surface area contributed by atoms with Crippen molar-refractivity contribution in [3.8, 4) is 0 Å². The van der Waals surface area contributed by atoms with Gasteiger partial charge in [-0.25, -0.2) is 9.18 Å². The first-order chi connectivity index (χ1) is 13.0. The summed E-state index contributed by atoms with van der Waals surface area (Å²) >= 11 is 0. The number of nitrogens with one attached hydrogen (secondary N) is 1. The second kappa shape index (κ2) is 8.27. The van der Waals surface area contributed by atoms with E-state index in [1.165, 1.54) is 43.3 Å². The van der Waals surface area contributed by atoms with Gasteiger partial charge >= 0.3 is 5.97 Å². The van der Waals surface area contributed by atoms with Crippen LogP contribution in [-0.4, -0.2) is 18.0 Å². The predicted molar refractivity (Wildman–Crippen MR) is 104 cm³/mol. The molecule has 0 fully saturated rings. The molecule has 4 nitrogen and oxygen atoms in total. The van der Waals surface area contributed by atoms with Gasteiger partial charge < -0.3 is 10.1 Å². The molecule has 136 valence electrons. The second-order valence-electron chi connectivity index (χ2n) is 6.02. The number of carbonyl (C=O) groups is 2. The normalized spacial score (nSPS) is 12.1. The third-order valence-corrected chi connectivity index (χ3v) is 3.96. The number of rotatable bonds is 5. The zero-order chi connectivity index (χ0) is 19.2. The number of carbonyl (C=O) groups excluding carboxylic acids is 2. The van der Waals surface area contributed by atoms with E-state index in [1.54, 1.807) is 6.07 Å². The van der Waals surface area contributed by atoms with Gasteiger partial charge in [-0.3, -0.25) is 4.79 Å². The lowest BCUT2D eigenvalue weighted by Crippen LogP contribution is -2.29. The maximum Gasteiger partial charge on any atom is 0.331 e. The molecule has 1 amide bonds. The number of ether oxygens (including phenoxy) is 1. The van der Waals surface area contributed by atoms with E-state index in [9.17, 15) is 14.0 Å². The van der Waals surface area contributed by atoms with Crippen LogP contribution < -0.4 is 5.32 Å². The highest BCUT2D eigenvalue weighted by atomic mass is 19.1. The standard InChI is InChI=1S/C22H18FNO3/c1-15(27-21(25)13-8-16-6-10-19(23)11-7-16)22(26)24-20-12-9-17-4-2-3-5-18(17)14-20/h2-15H,1H3,(H,24,26)/b13-8+. The van der Waals surface area contributed by atoms with Crippen LogP contribution in [0, 0.1) is 5.82 Å². The summed E-state index contributed by atoms with van der Waals surface area (Å²) < 4.78 is 18.0. The maximum absolute atomic E-state index is 12.9. The van der Waals surface area contributed by atoms with E-state index in [4.69, 9.17) is 4.74 Å².